The number of aromatic nitrogens is 2. The van der Waals surface area contributed by atoms with E-state index < -0.39 is 0 Å². The minimum absolute atomic E-state index is 0.164. The number of pyridine rings is 1. The third-order valence-corrected chi connectivity index (χ3v) is 5.27. The van der Waals surface area contributed by atoms with Crippen molar-refractivity contribution in [1.29, 1.82) is 0 Å². The monoisotopic (exact) mass is 405 g/mol. The number of amides is 1. The number of carbonyl (C=O) groups excluding carboxylic acids is 1. The average molecular weight is 406 g/mol. The van der Waals surface area contributed by atoms with Gasteiger partial charge in [0.15, 0.2) is 5.58 Å². The van der Waals surface area contributed by atoms with E-state index in [1.165, 1.54) is 5.56 Å². The van der Waals surface area contributed by atoms with Crippen molar-refractivity contribution in [3.05, 3.63) is 77.1 Å². The lowest BCUT2D eigenvalue weighted by Crippen LogP contribution is -2.12. The van der Waals surface area contributed by atoms with E-state index in [9.17, 15) is 4.79 Å². The van der Waals surface area contributed by atoms with Crippen LogP contribution in [-0.2, 0) is 0 Å². The van der Waals surface area contributed by atoms with Gasteiger partial charge in [-0.1, -0.05) is 37.6 Å². The molecule has 2 aromatic carbocycles. The molecule has 0 bridgehead atoms. The largest absolute Gasteiger partial charge is 0.436 e. The highest BCUT2D eigenvalue weighted by Crippen LogP contribution is 2.29. The second-order valence-corrected chi connectivity index (χ2v) is 7.29. The highest BCUT2D eigenvalue weighted by atomic mass is 35.5. The van der Waals surface area contributed by atoms with Crippen LogP contribution in [0.25, 0.3) is 22.6 Å². The number of nitrogens with zero attached hydrogens (tertiary/aromatic N) is 2. The van der Waals surface area contributed by atoms with Crippen LogP contribution < -0.4 is 5.32 Å². The second kappa shape index (κ2) is 8.05. The number of fused-ring (bicyclic) bond motifs is 1. The molecule has 6 heteroatoms. The third-order valence-electron chi connectivity index (χ3n) is 4.96. The Bertz CT molecular complexity index is 1190. The van der Waals surface area contributed by atoms with Gasteiger partial charge in [-0.3, -0.25) is 4.79 Å². The lowest BCUT2D eigenvalue weighted by atomic mass is 9.98. The Labute approximate surface area is 173 Å². The number of halogens is 1. The van der Waals surface area contributed by atoms with Crippen LogP contribution in [0, 0.1) is 0 Å². The Balaban J connectivity index is 1.61. The van der Waals surface area contributed by atoms with E-state index in [-0.39, 0.29) is 11.1 Å². The van der Waals surface area contributed by atoms with Crippen LogP contribution in [0.4, 0.5) is 5.69 Å². The van der Waals surface area contributed by atoms with E-state index in [0.29, 0.717) is 23.1 Å². The maximum Gasteiger partial charge on any atom is 0.258 e. The summed E-state index contributed by atoms with van der Waals surface area (Å²) in [4.78, 5) is 21.1. The molecule has 4 rings (SSSR count). The predicted molar refractivity (Wildman–Crippen MR) is 115 cm³/mol. The number of hydrogen-bond donors (Lipinski definition) is 1. The topological polar surface area (TPSA) is 68.0 Å². The fourth-order valence-electron chi connectivity index (χ4n) is 3.09. The van der Waals surface area contributed by atoms with Crippen LogP contribution in [0.3, 0.4) is 0 Å². The molecule has 0 spiro atoms. The number of hydrogen-bond acceptors (Lipinski definition) is 4. The lowest BCUT2D eigenvalue weighted by molar-refractivity contribution is 0.102. The van der Waals surface area contributed by atoms with Gasteiger partial charge in [0.1, 0.15) is 10.7 Å². The minimum atomic E-state index is -0.323. The smallest absolute Gasteiger partial charge is 0.258 e. The van der Waals surface area contributed by atoms with Gasteiger partial charge in [-0.05, 0) is 60.4 Å². The highest BCUT2D eigenvalue weighted by molar-refractivity contribution is 6.33. The lowest BCUT2D eigenvalue weighted by Gasteiger charge is -2.07. The summed E-state index contributed by atoms with van der Waals surface area (Å²) >= 11 is 6.01. The summed E-state index contributed by atoms with van der Waals surface area (Å²) in [5.41, 5.74) is 4.53. The van der Waals surface area contributed by atoms with Crippen LogP contribution in [0.15, 0.2) is 65.2 Å². The van der Waals surface area contributed by atoms with Gasteiger partial charge in [0, 0.05) is 17.4 Å². The molecule has 0 unspecified atom stereocenters. The third kappa shape index (κ3) is 4.00. The molecule has 0 aliphatic rings. The van der Waals surface area contributed by atoms with E-state index in [2.05, 4.69) is 41.3 Å². The zero-order chi connectivity index (χ0) is 20.4. The second-order valence-electron chi connectivity index (χ2n) is 6.93. The summed E-state index contributed by atoms with van der Waals surface area (Å²) in [6.45, 7) is 4.37. The van der Waals surface area contributed by atoms with Gasteiger partial charge in [0.25, 0.3) is 5.91 Å². The van der Waals surface area contributed by atoms with Crippen LogP contribution in [-0.4, -0.2) is 15.9 Å². The fourth-order valence-corrected chi connectivity index (χ4v) is 3.30. The van der Waals surface area contributed by atoms with Gasteiger partial charge < -0.3 is 9.73 Å². The molecule has 5 nitrogen and oxygen atoms in total. The molecular formula is C23H20ClN3O2. The van der Waals surface area contributed by atoms with Crippen molar-refractivity contribution in [2.45, 2.75) is 26.2 Å². The van der Waals surface area contributed by atoms with Crippen LogP contribution >= 0.6 is 11.6 Å². The minimum Gasteiger partial charge on any atom is -0.436 e. The Morgan fingerprint density at radius 2 is 2.03 bits per heavy atom. The zero-order valence-corrected chi connectivity index (χ0v) is 16.9. The Morgan fingerprint density at radius 3 is 2.83 bits per heavy atom. The molecule has 1 N–H and O–H groups in total. The first kappa shape index (κ1) is 19.2. The van der Waals surface area contributed by atoms with Gasteiger partial charge in [-0.2, -0.15) is 0 Å². The van der Waals surface area contributed by atoms with Crippen LogP contribution in [0.5, 0.6) is 0 Å². The van der Waals surface area contributed by atoms with Gasteiger partial charge >= 0.3 is 0 Å². The summed E-state index contributed by atoms with van der Waals surface area (Å²) in [7, 11) is 0. The molecule has 2 heterocycles. The van der Waals surface area contributed by atoms with Crippen LogP contribution in [0.2, 0.25) is 5.15 Å². The molecule has 1 amide bonds. The first-order valence-electron chi connectivity index (χ1n) is 9.48. The van der Waals surface area contributed by atoms with Crippen molar-refractivity contribution in [2.24, 2.45) is 0 Å². The van der Waals surface area contributed by atoms with Crippen molar-refractivity contribution >= 4 is 34.3 Å². The number of oxazole rings is 1. The Hall–Kier alpha value is -3.18. The molecule has 0 fully saturated rings. The van der Waals surface area contributed by atoms with Crippen molar-refractivity contribution in [3.63, 3.8) is 0 Å². The van der Waals surface area contributed by atoms with E-state index in [0.717, 1.165) is 23.1 Å². The highest BCUT2D eigenvalue weighted by Gasteiger charge is 2.14. The number of rotatable bonds is 5. The number of anilines is 1. The van der Waals surface area contributed by atoms with E-state index >= 15 is 0 Å². The fraction of sp³-hybridized carbons (Fsp3) is 0.174. The van der Waals surface area contributed by atoms with Crippen molar-refractivity contribution in [3.8, 4) is 11.5 Å². The first-order chi connectivity index (χ1) is 14.0. The first-order valence-corrected chi connectivity index (χ1v) is 9.85. The maximum absolute atomic E-state index is 12.5. The number of nitrogens with one attached hydrogen (secondary N) is 1. The molecule has 2 aromatic heterocycles. The zero-order valence-electron chi connectivity index (χ0n) is 16.1. The van der Waals surface area contributed by atoms with Gasteiger partial charge in [-0.15, -0.1) is 0 Å². The Kier molecular flexibility index (Phi) is 5.32. The maximum atomic E-state index is 12.5. The van der Waals surface area contributed by atoms with Gasteiger partial charge in [-0.25, -0.2) is 9.97 Å². The van der Waals surface area contributed by atoms with Crippen LogP contribution in [0.1, 0.15) is 42.1 Å². The average Bonchev–Trinajstić information content (AvgIpc) is 3.17. The van der Waals surface area contributed by atoms with E-state index in [4.69, 9.17) is 16.0 Å². The molecule has 4 aromatic rings. The van der Waals surface area contributed by atoms with E-state index in [1.807, 2.05) is 24.3 Å². The summed E-state index contributed by atoms with van der Waals surface area (Å²) < 4.78 is 5.93. The van der Waals surface area contributed by atoms with Crippen molar-refractivity contribution < 1.29 is 9.21 Å². The molecule has 29 heavy (non-hydrogen) atoms. The SMILES string of the molecule is CC[C@@H](C)c1ccc2oc(-c3cccc(NC(=O)c4cccnc4Cl)c3)nc2c1. The molecule has 146 valence electrons. The molecule has 1 atom stereocenters. The van der Waals surface area contributed by atoms with E-state index in [1.54, 1.807) is 24.4 Å². The quantitative estimate of drug-likeness (QED) is 0.395. The molecule has 0 radical (unpaired) electrons. The summed E-state index contributed by atoms with van der Waals surface area (Å²) in [6, 6.07) is 16.8. The molecule has 0 aliphatic carbocycles. The molecule has 0 saturated heterocycles. The molecule has 0 aliphatic heterocycles. The molecule has 0 saturated carbocycles. The standard InChI is InChI=1S/C23H20ClN3O2/c1-3-14(2)15-9-10-20-19(13-15)27-23(29-20)16-6-4-7-17(12-16)26-22(28)18-8-5-11-25-21(18)24/h4-14H,3H2,1-2H3,(H,26,28)/t14-/m1/s1. The van der Waals surface area contributed by atoms with Gasteiger partial charge in [0.2, 0.25) is 5.89 Å². The molecular weight excluding hydrogens is 386 g/mol. The predicted octanol–water partition coefficient (Wildman–Crippen LogP) is 6.31. The summed E-state index contributed by atoms with van der Waals surface area (Å²) in [6.07, 6.45) is 2.61. The Morgan fingerprint density at radius 1 is 1.17 bits per heavy atom. The number of carbonyl (C=O) groups is 1. The van der Waals surface area contributed by atoms with Crippen molar-refractivity contribution in [1.82, 2.24) is 9.97 Å². The van der Waals surface area contributed by atoms with Crippen molar-refractivity contribution in [2.75, 3.05) is 5.32 Å². The summed E-state index contributed by atoms with van der Waals surface area (Å²) in [5, 5.41) is 3.01. The van der Waals surface area contributed by atoms with Gasteiger partial charge in [0.05, 0.1) is 5.56 Å². The number of benzene rings is 2. The summed E-state index contributed by atoms with van der Waals surface area (Å²) in [5.74, 6) is 0.658. The normalized spacial score (nSPS) is 12.1.